The first-order valence-corrected chi connectivity index (χ1v) is 6.23. The van der Waals surface area contributed by atoms with Crippen LogP contribution in [-0.2, 0) is 0 Å². The molecule has 1 amide bonds. The number of pyridine rings is 1. The smallest absolute Gasteiger partial charge is 0.258 e. The van der Waals surface area contributed by atoms with Gasteiger partial charge in [-0.1, -0.05) is 0 Å². The second-order valence-electron chi connectivity index (χ2n) is 4.76. The van der Waals surface area contributed by atoms with Crippen LogP contribution < -0.4 is 0 Å². The van der Waals surface area contributed by atoms with E-state index in [0.29, 0.717) is 19.1 Å². The van der Waals surface area contributed by atoms with Crippen molar-refractivity contribution in [1.82, 2.24) is 14.8 Å². The number of aromatic nitrogens is 1. The van der Waals surface area contributed by atoms with Gasteiger partial charge in [-0.25, -0.2) is 4.98 Å². The first-order valence-electron chi connectivity index (χ1n) is 6.23. The lowest BCUT2D eigenvalue weighted by atomic mass is 10.2. The topological polar surface area (TPSA) is 36.4 Å². The van der Waals surface area contributed by atoms with Crippen LogP contribution in [-0.4, -0.2) is 52.9 Å². The van der Waals surface area contributed by atoms with Gasteiger partial charge in [0, 0.05) is 38.4 Å². The van der Waals surface area contributed by atoms with Crippen LogP contribution in [0.1, 0.15) is 24.2 Å². The Labute approximate surface area is 106 Å². The molecule has 0 aromatic carbocycles. The predicted molar refractivity (Wildman–Crippen MR) is 66.8 cm³/mol. The molecule has 0 N–H and O–H groups in total. The third-order valence-corrected chi connectivity index (χ3v) is 3.32. The average molecular weight is 251 g/mol. The molecule has 0 aliphatic carbocycles. The molecule has 5 heteroatoms. The van der Waals surface area contributed by atoms with Gasteiger partial charge < -0.3 is 4.90 Å². The third-order valence-electron chi connectivity index (χ3n) is 3.32. The lowest BCUT2D eigenvalue weighted by Crippen LogP contribution is -2.50. The number of nitrogens with zero attached hydrogens (tertiary/aromatic N) is 3. The number of carbonyl (C=O) groups excluding carboxylic acids is 1. The molecule has 0 atom stereocenters. The molecule has 0 spiro atoms. The molecule has 1 aliphatic heterocycles. The van der Waals surface area contributed by atoms with Crippen LogP contribution >= 0.6 is 0 Å². The minimum atomic E-state index is -0.686. The van der Waals surface area contributed by atoms with E-state index in [1.807, 2.05) is 0 Å². The molecule has 18 heavy (non-hydrogen) atoms. The van der Waals surface area contributed by atoms with E-state index in [4.69, 9.17) is 0 Å². The highest BCUT2D eigenvalue weighted by Crippen LogP contribution is 2.11. The second kappa shape index (κ2) is 5.44. The zero-order valence-electron chi connectivity index (χ0n) is 10.8. The molecular weight excluding hydrogens is 233 g/mol. The molecule has 1 saturated heterocycles. The maximum absolute atomic E-state index is 13.4. The Morgan fingerprint density at radius 3 is 2.56 bits per heavy atom. The molecule has 0 bridgehead atoms. The zero-order valence-corrected chi connectivity index (χ0v) is 10.8. The summed E-state index contributed by atoms with van der Waals surface area (Å²) in [6.07, 6.45) is 1.35. The van der Waals surface area contributed by atoms with E-state index >= 15 is 0 Å². The summed E-state index contributed by atoms with van der Waals surface area (Å²) >= 11 is 0. The predicted octanol–water partition coefficient (Wildman–Crippen LogP) is 1.39. The number of rotatable bonds is 2. The van der Waals surface area contributed by atoms with Crippen LogP contribution in [0.2, 0.25) is 0 Å². The van der Waals surface area contributed by atoms with Crippen molar-refractivity contribution in [2.45, 2.75) is 19.9 Å². The fourth-order valence-electron chi connectivity index (χ4n) is 2.16. The van der Waals surface area contributed by atoms with Gasteiger partial charge in [-0.15, -0.1) is 0 Å². The van der Waals surface area contributed by atoms with Gasteiger partial charge >= 0.3 is 0 Å². The van der Waals surface area contributed by atoms with Crippen molar-refractivity contribution in [3.05, 3.63) is 29.8 Å². The number of piperazine rings is 1. The Balaban J connectivity index is 2.02. The summed E-state index contributed by atoms with van der Waals surface area (Å²) in [5.74, 6) is -0.946. The summed E-state index contributed by atoms with van der Waals surface area (Å²) in [6.45, 7) is 7.24. The Morgan fingerprint density at radius 1 is 1.33 bits per heavy atom. The van der Waals surface area contributed by atoms with Crippen molar-refractivity contribution in [3.63, 3.8) is 0 Å². The van der Waals surface area contributed by atoms with Crippen molar-refractivity contribution < 1.29 is 9.18 Å². The van der Waals surface area contributed by atoms with Gasteiger partial charge in [0.05, 0.1) is 5.56 Å². The number of hydrogen-bond donors (Lipinski definition) is 0. The SMILES string of the molecule is CC(C)N1CCN(C(=O)c2cccnc2F)CC1. The van der Waals surface area contributed by atoms with E-state index in [0.717, 1.165) is 13.1 Å². The van der Waals surface area contributed by atoms with Crippen molar-refractivity contribution in [1.29, 1.82) is 0 Å². The van der Waals surface area contributed by atoms with Gasteiger partial charge in [0.1, 0.15) is 0 Å². The summed E-state index contributed by atoms with van der Waals surface area (Å²) in [5, 5.41) is 0. The highest BCUT2D eigenvalue weighted by Gasteiger charge is 2.25. The Kier molecular flexibility index (Phi) is 3.91. The van der Waals surface area contributed by atoms with Gasteiger partial charge in [0.25, 0.3) is 5.91 Å². The normalized spacial score (nSPS) is 17.2. The van der Waals surface area contributed by atoms with Crippen LogP contribution in [0.3, 0.4) is 0 Å². The molecule has 1 aromatic rings. The third kappa shape index (κ3) is 2.67. The standard InChI is InChI=1S/C13H18FN3O/c1-10(2)16-6-8-17(9-7-16)13(18)11-4-3-5-15-12(11)14/h3-5,10H,6-9H2,1-2H3. The molecule has 0 radical (unpaired) electrons. The molecule has 1 aromatic heterocycles. The monoisotopic (exact) mass is 251 g/mol. The van der Waals surface area contributed by atoms with Crippen LogP contribution in [0.4, 0.5) is 4.39 Å². The van der Waals surface area contributed by atoms with E-state index in [-0.39, 0.29) is 11.5 Å². The second-order valence-corrected chi connectivity index (χ2v) is 4.76. The van der Waals surface area contributed by atoms with E-state index in [1.54, 1.807) is 11.0 Å². The van der Waals surface area contributed by atoms with Crippen molar-refractivity contribution >= 4 is 5.91 Å². The summed E-state index contributed by atoms with van der Waals surface area (Å²) in [6, 6.07) is 3.55. The molecule has 4 nitrogen and oxygen atoms in total. The van der Waals surface area contributed by atoms with E-state index in [2.05, 4.69) is 23.7 Å². The quantitative estimate of drug-likeness (QED) is 0.745. The fourth-order valence-corrected chi connectivity index (χ4v) is 2.16. The van der Waals surface area contributed by atoms with Crippen LogP contribution in [0.15, 0.2) is 18.3 Å². The first kappa shape index (κ1) is 13.0. The van der Waals surface area contributed by atoms with E-state index in [1.165, 1.54) is 12.3 Å². The Hall–Kier alpha value is -1.49. The van der Waals surface area contributed by atoms with Gasteiger partial charge in [0.15, 0.2) is 0 Å². The molecule has 98 valence electrons. The molecule has 1 fully saturated rings. The Bertz CT molecular complexity index is 428. The molecule has 2 heterocycles. The van der Waals surface area contributed by atoms with E-state index in [9.17, 15) is 9.18 Å². The van der Waals surface area contributed by atoms with Crippen LogP contribution in [0.5, 0.6) is 0 Å². The summed E-state index contributed by atoms with van der Waals surface area (Å²) in [4.78, 5) is 19.6. The molecule has 2 rings (SSSR count). The number of carbonyl (C=O) groups is 1. The molecule has 0 saturated carbocycles. The maximum Gasteiger partial charge on any atom is 0.258 e. The minimum absolute atomic E-state index is 0.0653. The average Bonchev–Trinajstić information content (AvgIpc) is 2.38. The van der Waals surface area contributed by atoms with Crippen molar-refractivity contribution in [2.75, 3.05) is 26.2 Å². The minimum Gasteiger partial charge on any atom is -0.336 e. The highest BCUT2D eigenvalue weighted by molar-refractivity contribution is 5.94. The molecule has 0 unspecified atom stereocenters. The van der Waals surface area contributed by atoms with Crippen molar-refractivity contribution in [3.8, 4) is 0 Å². The van der Waals surface area contributed by atoms with Gasteiger partial charge in [0.2, 0.25) is 5.95 Å². The Morgan fingerprint density at radius 2 is 2.00 bits per heavy atom. The molecule has 1 aliphatic rings. The van der Waals surface area contributed by atoms with Gasteiger partial charge in [-0.3, -0.25) is 9.69 Å². The zero-order chi connectivity index (χ0) is 13.1. The van der Waals surface area contributed by atoms with Gasteiger partial charge in [-0.2, -0.15) is 4.39 Å². The first-order chi connectivity index (χ1) is 8.59. The lowest BCUT2D eigenvalue weighted by molar-refractivity contribution is 0.0590. The summed E-state index contributed by atoms with van der Waals surface area (Å²) in [7, 11) is 0. The summed E-state index contributed by atoms with van der Waals surface area (Å²) < 4.78 is 13.4. The van der Waals surface area contributed by atoms with E-state index < -0.39 is 5.95 Å². The number of amides is 1. The number of hydrogen-bond acceptors (Lipinski definition) is 3. The van der Waals surface area contributed by atoms with Crippen LogP contribution in [0, 0.1) is 5.95 Å². The lowest BCUT2D eigenvalue weighted by Gasteiger charge is -2.36. The fraction of sp³-hybridized carbons (Fsp3) is 0.538. The molecular formula is C13H18FN3O. The van der Waals surface area contributed by atoms with Gasteiger partial charge in [-0.05, 0) is 26.0 Å². The highest BCUT2D eigenvalue weighted by atomic mass is 19.1. The van der Waals surface area contributed by atoms with Crippen molar-refractivity contribution in [2.24, 2.45) is 0 Å². The summed E-state index contributed by atoms with van der Waals surface area (Å²) in [5.41, 5.74) is 0.0653. The number of halogens is 1. The largest absolute Gasteiger partial charge is 0.336 e. The maximum atomic E-state index is 13.4. The van der Waals surface area contributed by atoms with Crippen LogP contribution in [0.25, 0.3) is 0 Å².